The molecule has 152 valence electrons. The molecular weight excluding hydrogens is 395 g/mol. The molecule has 31 heavy (non-hydrogen) atoms. The van der Waals surface area contributed by atoms with E-state index in [-0.39, 0.29) is 11.1 Å². The summed E-state index contributed by atoms with van der Waals surface area (Å²) in [6.45, 7) is 0. The summed E-state index contributed by atoms with van der Waals surface area (Å²) in [6, 6.07) is 21.3. The molecule has 0 saturated carbocycles. The summed E-state index contributed by atoms with van der Waals surface area (Å²) in [4.78, 5) is 29.3. The molecule has 4 aromatic rings. The van der Waals surface area contributed by atoms with Crippen molar-refractivity contribution in [3.05, 3.63) is 108 Å². The van der Waals surface area contributed by atoms with Crippen molar-refractivity contribution in [2.45, 2.75) is 0 Å². The summed E-state index contributed by atoms with van der Waals surface area (Å²) < 4.78 is 13.1. The minimum atomic E-state index is -0.493. The topological polar surface area (TPSA) is 83.5 Å². The number of fused-ring (bicyclic) bond motifs is 1. The maximum absolute atomic E-state index is 13.1. The number of nitrogens with one attached hydrogen (secondary N) is 2. The number of hydrogen-bond donors (Lipinski definition) is 2. The third-order valence-corrected chi connectivity index (χ3v) is 4.54. The van der Waals surface area contributed by atoms with Gasteiger partial charge >= 0.3 is 0 Å². The first-order valence-corrected chi connectivity index (χ1v) is 9.44. The van der Waals surface area contributed by atoms with Crippen LogP contribution in [0, 0.1) is 5.82 Å². The Labute approximate surface area is 177 Å². The van der Waals surface area contributed by atoms with E-state index in [4.69, 9.17) is 0 Å². The molecule has 6 nitrogen and oxygen atoms in total. The smallest absolute Gasteiger partial charge is 0.273 e. The summed E-state index contributed by atoms with van der Waals surface area (Å²) in [5.41, 5.74) is 3.87. The summed E-state index contributed by atoms with van der Waals surface area (Å²) in [5.74, 6) is -1.38. The Balaban J connectivity index is 1.46. The number of hydrogen-bond acceptors (Lipinski definition) is 4. The molecule has 4 rings (SSSR count). The second-order valence-corrected chi connectivity index (χ2v) is 6.66. The van der Waals surface area contributed by atoms with E-state index in [2.05, 4.69) is 20.8 Å². The van der Waals surface area contributed by atoms with Crippen molar-refractivity contribution in [1.29, 1.82) is 0 Å². The van der Waals surface area contributed by atoms with E-state index in [0.717, 1.165) is 10.8 Å². The fourth-order valence-corrected chi connectivity index (χ4v) is 2.97. The highest BCUT2D eigenvalue weighted by Crippen LogP contribution is 2.17. The highest BCUT2D eigenvalue weighted by Gasteiger charge is 2.13. The van der Waals surface area contributed by atoms with Gasteiger partial charge in [-0.15, -0.1) is 0 Å². The normalized spacial score (nSPS) is 10.9. The Hall–Kier alpha value is -4.39. The number of halogens is 1. The minimum absolute atomic E-state index is 0.238. The van der Waals surface area contributed by atoms with Gasteiger partial charge in [0.1, 0.15) is 5.82 Å². The number of pyridine rings is 1. The average molecular weight is 412 g/mol. The Morgan fingerprint density at radius 1 is 0.871 bits per heavy atom. The average Bonchev–Trinajstić information content (AvgIpc) is 2.79. The van der Waals surface area contributed by atoms with Crippen LogP contribution < -0.4 is 10.7 Å². The number of carbonyl (C=O) groups is 2. The van der Waals surface area contributed by atoms with Gasteiger partial charge in [0.25, 0.3) is 11.8 Å². The van der Waals surface area contributed by atoms with Crippen molar-refractivity contribution in [2.24, 2.45) is 5.10 Å². The number of anilines is 1. The molecule has 0 fully saturated rings. The molecule has 7 heteroatoms. The summed E-state index contributed by atoms with van der Waals surface area (Å²) in [6.07, 6.45) is 3.18. The van der Waals surface area contributed by atoms with E-state index >= 15 is 0 Å². The maximum Gasteiger partial charge on any atom is 0.273 e. The molecule has 0 aliphatic heterocycles. The van der Waals surface area contributed by atoms with Crippen molar-refractivity contribution in [3.8, 4) is 0 Å². The summed E-state index contributed by atoms with van der Waals surface area (Å²) in [5, 5.41) is 8.66. The molecule has 1 aromatic heterocycles. The number of para-hydroxylation sites is 1. The predicted molar refractivity (Wildman–Crippen MR) is 118 cm³/mol. The summed E-state index contributed by atoms with van der Waals surface area (Å²) in [7, 11) is 0. The number of hydrazone groups is 1. The third kappa shape index (κ3) is 4.79. The minimum Gasteiger partial charge on any atom is -0.321 e. The van der Waals surface area contributed by atoms with E-state index in [1.165, 1.54) is 30.5 Å². The fraction of sp³-hybridized carbons (Fsp3) is 0. The second kappa shape index (κ2) is 8.96. The maximum atomic E-state index is 13.1. The lowest BCUT2D eigenvalue weighted by Crippen LogP contribution is -2.21. The number of carbonyl (C=O) groups excluding carboxylic acids is 2. The highest BCUT2D eigenvalue weighted by atomic mass is 19.1. The van der Waals surface area contributed by atoms with Gasteiger partial charge in [0.2, 0.25) is 0 Å². The Morgan fingerprint density at radius 2 is 1.58 bits per heavy atom. The number of aromatic nitrogens is 1. The van der Waals surface area contributed by atoms with Gasteiger partial charge < -0.3 is 5.32 Å². The molecule has 1 heterocycles. The fourth-order valence-electron chi connectivity index (χ4n) is 2.97. The van der Waals surface area contributed by atoms with E-state index in [1.54, 1.807) is 30.5 Å². The van der Waals surface area contributed by atoms with Crippen LogP contribution in [0.1, 0.15) is 26.4 Å². The molecule has 0 radical (unpaired) electrons. The Morgan fingerprint density at radius 3 is 2.39 bits per heavy atom. The van der Waals surface area contributed by atoms with E-state index in [9.17, 15) is 14.0 Å². The Bertz CT molecular complexity index is 1290. The third-order valence-electron chi connectivity index (χ3n) is 4.54. The molecule has 0 aliphatic carbocycles. The second-order valence-electron chi connectivity index (χ2n) is 6.66. The molecule has 0 atom stereocenters. The van der Waals surface area contributed by atoms with Gasteiger partial charge in [-0.3, -0.25) is 14.6 Å². The number of nitrogens with zero attached hydrogens (tertiary/aromatic N) is 2. The van der Waals surface area contributed by atoms with Crippen LogP contribution in [-0.2, 0) is 0 Å². The molecule has 0 spiro atoms. The van der Waals surface area contributed by atoms with Crippen molar-refractivity contribution < 1.29 is 14.0 Å². The molecular formula is C24H17FN4O2. The van der Waals surface area contributed by atoms with Crippen LogP contribution in [0.3, 0.4) is 0 Å². The first-order chi connectivity index (χ1) is 15.1. The quantitative estimate of drug-likeness (QED) is 0.377. The van der Waals surface area contributed by atoms with Crippen LogP contribution in [0.5, 0.6) is 0 Å². The lowest BCUT2D eigenvalue weighted by atomic mass is 10.1. The van der Waals surface area contributed by atoms with Crippen LogP contribution in [0.2, 0.25) is 0 Å². The van der Waals surface area contributed by atoms with Gasteiger partial charge in [0.15, 0.2) is 0 Å². The van der Waals surface area contributed by atoms with Gasteiger partial charge in [-0.1, -0.05) is 36.4 Å². The zero-order valence-corrected chi connectivity index (χ0v) is 16.2. The standard InChI is InChI=1S/C24H17FN4O2/c25-19-11-9-16(10-12-19)23(30)28-22-8-4-3-7-21(22)24(31)29-27-15-20-13-17-5-1-2-6-18(17)14-26-20/h1-15H,(H,28,30)(H,29,31)/b27-15+. The van der Waals surface area contributed by atoms with Gasteiger partial charge in [-0.25, -0.2) is 9.82 Å². The van der Waals surface area contributed by atoms with Crippen molar-refractivity contribution >= 4 is 34.5 Å². The lowest BCUT2D eigenvalue weighted by molar-refractivity contribution is 0.0956. The van der Waals surface area contributed by atoms with Gasteiger partial charge in [0, 0.05) is 17.1 Å². The van der Waals surface area contributed by atoms with E-state index in [1.807, 2.05) is 30.3 Å². The number of amides is 2. The van der Waals surface area contributed by atoms with Crippen LogP contribution >= 0.6 is 0 Å². The Kier molecular flexibility index (Phi) is 5.75. The first-order valence-electron chi connectivity index (χ1n) is 9.44. The SMILES string of the molecule is O=C(Nc1ccccc1C(=O)N/N=C/c1cc2ccccc2cn1)c1ccc(F)cc1. The molecule has 0 saturated heterocycles. The van der Waals surface area contributed by atoms with E-state index < -0.39 is 17.6 Å². The first kappa shape index (κ1) is 19.9. The van der Waals surface area contributed by atoms with Crippen molar-refractivity contribution in [1.82, 2.24) is 10.4 Å². The van der Waals surface area contributed by atoms with Crippen LogP contribution in [-0.4, -0.2) is 23.0 Å². The van der Waals surface area contributed by atoms with E-state index in [0.29, 0.717) is 11.4 Å². The highest BCUT2D eigenvalue weighted by molar-refractivity contribution is 6.09. The molecule has 2 amide bonds. The van der Waals surface area contributed by atoms with Crippen LogP contribution in [0.25, 0.3) is 10.8 Å². The zero-order chi connectivity index (χ0) is 21.6. The molecule has 0 bridgehead atoms. The van der Waals surface area contributed by atoms with Gasteiger partial charge in [0.05, 0.1) is 23.2 Å². The number of benzene rings is 3. The number of rotatable bonds is 5. The molecule has 3 aromatic carbocycles. The van der Waals surface area contributed by atoms with Crippen LogP contribution in [0.15, 0.2) is 90.2 Å². The van der Waals surface area contributed by atoms with Crippen LogP contribution in [0.4, 0.5) is 10.1 Å². The molecule has 0 unspecified atom stereocenters. The van der Waals surface area contributed by atoms with Gasteiger partial charge in [-0.2, -0.15) is 5.10 Å². The zero-order valence-electron chi connectivity index (χ0n) is 16.2. The monoisotopic (exact) mass is 412 g/mol. The predicted octanol–water partition coefficient (Wildman–Crippen LogP) is 4.39. The molecule has 2 N–H and O–H groups in total. The summed E-state index contributed by atoms with van der Waals surface area (Å²) >= 11 is 0. The van der Waals surface area contributed by atoms with Crippen molar-refractivity contribution in [3.63, 3.8) is 0 Å². The molecule has 0 aliphatic rings. The van der Waals surface area contributed by atoms with Gasteiger partial charge in [-0.05, 0) is 47.9 Å². The largest absolute Gasteiger partial charge is 0.321 e. The lowest BCUT2D eigenvalue weighted by Gasteiger charge is -2.10. The van der Waals surface area contributed by atoms with Crippen molar-refractivity contribution in [2.75, 3.05) is 5.32 Å².